The summed E-state index contributed by atoms with van der Waals surface area (Å²) in [6, 6.07) is 8.85. The molecule has 2 aromatic heterocycles. The van der Waals surface area contributed by atoms with Gasteiger partial charge in [0.1, 0.15) is 6.61 Å². The van der Waals surface area contributed by atoms with Crippen LogP contribution in [-0.4, -0.2) is 16.3 Å². The van der Waals surface area contributed by atoms with Crippen molar-refractivity contribution in [2.24, 2.45) is 0 Å². The summed E-state index contributed by atoms with van der Waals surface area (Å²) in [5.41, 5.74) is 0. The molecule has 5 nitrogen and oxygen atoms in total. The Bertz CT molecular complexity index is 807. The Morgan fingerprint density at radius 1 is 1.23 bits per heavy atom. The van der Waals surface area contributed by atoms with E-state index >= 15 is 0 Å². The molecule has 0 fully saturated rings. The average molecular weight is 357 g/mol. The van der Waals surface area contributed by atoms with Gasteiger partial charge in [0.15, 0.2) is 11.6 Å². The number of benzene rings is 1. The maximum Gasteiger partial charge on any atom is 0.442 e. The summed E-state index contributed by atoms with van der Waals surface area (Å²) >= 11 is 13.5. The summed E-state index contributed by atoms with van der Waals surface area (Å²) in [5, 5.41) is 6.54. The molecule has 0 unspecified atom stereocenters. The topological polar surface area (TPSA) is 57.3 Å². The molecule has 0 saturated heterocycles. The van der Waals surface area contributed by atoms with E-state index in [0.29, 0.717) is 21.6 Å². The predicted molar refractivity (Wildman–Crippen MR) is 86.0 cm³/mol. The SMILES string of the molecule is O=c1onc(-c2cccs2)n1CCOc1c(Cl)cccc1Cl. The van der Waals surface area contributed by atoms with Crippen molar-refractivity contribution in [3.05, 3.63) is 56.3 Å². The zero-order valence-electron chi connectivity index (χ0n) is 11.2. The van der Waals surface area contributed by atoms with Gasteiger partial charge in [-0.25, -0.2) is 4.79 Å². The van der Waals surface area contributed by atoms with Crippen molar-refractivity contribution >= 4 is 34.5 Å². The fourth-order valence-corrected chi connectivity index (χ4v) is 3.13. The average Bonchev–Trinajstić information content (AvgIpc) is 3.12. The Morgan fingerprint density at radius 3 is 2.68 bits per heavy atom. The van der Waals surface area contributed by atoms with Crippen LogP contribution in [0.1, 0.15) is 0 Å². The van der Waals surface area contributed by atoms with E-state index in [0.717, 1.165) is 4.88 Å². The van der Waals surface area contributed by atoms with Crippen molar-refractivity contribution < 1.29 is 9.26 Å². The van der Waals surface area contributed by atoms with Crippen molar-refractivity contribution in [2.75, 3.05) is 6.61 Å². The molecular formula is C14H10Cl2N2O3S. The van der Waals surface area contributed by atoms with Crippen molar-refractivity contribution in [3.63, 3.8) is 0 Å². The maximum atomic E-state index is 11.7. The van der Waals surface area contributed by atoms with Gasteiger partial charge in [0.25, 0.3) is 0 Å². The number of hydrogen-bond acceptors (Lipinski definition) is 5. The summed E-state index contributed by atoms with van der Waals surface area (Å²) in [6.45, 7) is 0.486. The normalized spacial score (nSPS) is 10.8. The molecule has 1 aromatic carbocycles. The molecule has 0 saturated carbocycles. The van der Waals surface area contributed by atoms with E-state index in [1.54, 1.807) is 18.2 Å². The fraction of sp³-hybridized carbons (Fsp3) is 0.143. The number of halogens is 2. The fourth-order valence-electron chi connectivity index (χ4n) is 1.91. The van der Waals surface area contributed by atoms with Crippen LogP contribution in [0.25, 0.3) is 10.7 Å². The first kappa shape index (κ1) is 15.1. The van der Waals surface area contributed by atoms with Crippen molar-refractivity contribution in [2.45, 2.75) is 6.54 Å². The zero-order chi connectivity index (χ0) is 15.5. The summed E-state index contributed by atoms with van der Waals surface area (Å²) in [4.78, 5) is 12.6. The van der Waals surface area contributed by atoms with Gasteiger partial charge in [-0.1, -0.05) is 40.5 Å². The molecule has 3 rings (SSSR count). The van der Waals surface area contributed by atoms with Gasteiger partial charge in [-0.2, -0.15) is 0 Å². The molecule has 0 radical (unpaired) electrons. The third-order valence-corrected chi connectivity index (χ3v) is 4.37. The van der Waals surface area contributed by atoms with E-state index in [2.05, 4.69) is 5.16 Å². The molecule has 114 valence electrons. The Kier molecular flexibility index (Phi) is 4.52. The Hall–Kier alpha value is -1.76. The molecule has 0 bridgehead atoms. The summed E-state index contributed by atoms with van der Waals surface area (Å²) < 4.78 is 11.7. The second kappa shape index (κ2) is 6.56. The number of para-hydroxylation sites is 1. The number of hydrogen-bond donors (Lipinski definition) is 0. The lowest BCUT2D eigenvalue weighted by molar-refractivity contribution is 0.290. The summed E-state index contributed by atoms with van der Waals surface area (Å²) in [6.07, 6.45) is 0. The quantitative estimate of drug-likeness (QED) is 0.694. The first-order valence-corrected chi connectivity index (χ1v) is 7.97. The Morgan fingerprint density at radius 2 is 2.00 bits per heavy atom. The van der Waals surface area contributed by atoms with E-state index in [4.69, 9.17) is 32.5 Å². The lowest BCUT2D eigenvalue weighted by Gasteiger charge is -2.10. The summed E-state index contributed by atoms with van der Waals surface area (Å²) in [5.74, 6) is 0.346. The minimum Gasteiger partial charge on any atom is -0.489 e. The number of aromatic nitrogens is 2. The lowest BCUT2D eigenvalue weighted by atomic mass is 10.3. The molecule has 0 aliphatic carbocycles. The first-order valence-electron chi connectivity index (χ1n) is 6.34. The van der Waals surface area contributed by atoms with Gasteiger partial charge in [-0.15, -0.1) is 11.3 Å². The van der Waals surface area contributed by atoms with Crippen molar-refractivity contribution in [1.29, 1.82) is 0 Å². The van der Waals surface area contributed by atoms with Crippen molar-refractivity contribution in [1.82, 2.24) is 9.72 Å². The van der Waals surface area contributed by atoms with Gasteiger partial charge in [0, 0.05) is 0 Å². The largest absolute Gasteiger partial charge is 0.489 e. The van der Waals surface area contributed by atoms with Gasteiger partial charge in [-0.3, -0.25) is 9.09 Å². The van der Waals surface area contributed by atoms with Gasteiger partial charge >= 0.3 is 5.76 Å². The van der Waals surface area contributed by atoms with Crippen LogP contribution in [-0.2, 0) is 6.54 Å². The standard InChI is InChI=1S/C14H10Cl2N2O3S/c15-9-3-1-4-10(16)12(9)20-7-6-18-13(17-21-14(18)19)11-5-2-8-22-11/h1-5,8H,6-7H2. The van der Waals surface area contributed by atoms with E-state index in [9.17, 15) is 4.79 Å². The van der Waals surface area contributed by atoms with Crippen LogP contribution in [0.2, 0.25) is 10.0 Å². The number of rotatable bonds is 5. The van der Waals surface area contributed by atoms with Crippen LogP contribution >= 0.6 is 34.5 Å². The van der Waals surface area contributed by atoms with E-state index in [1.165, 1.54) is 15.9 Å². The smallest absolute Gasteiger partial charge is 0.442 e. The molecule has 0 N–H and O–H groups in total. The highest BCUT2D eigenvalue weighted by Gasteiger charge is 2.14. The molecule has 0 aliphatic heterocycles. The van der Waals surface area contributed by atoms with Crippen LogP contribution in [0.5, 0.6) is 5.75 Å². The molecule has 0 aliphatic rings. The third kappa shape index (κ3) is 3.04. The predicted octanol–water partition coefficient (Wildman–Crippen LogP) is 3.95. The van der Waals surface area contributed by atoms with Gasteiger partial charge in [0.2, 0.25) is 0 Å². The lowest BCUT2D eigenvalue weighted by Crippen LogP contribution is -2.19. The monoisotopic (exact) mass is 356 g/mol. The van der Waals surface area contributed by atoms with E-state index in [1.807, 2.05) is 17.5 Å². The molecule has 0 atom stereocenters. The van der Waals surface area contributed by atoms with Gasteiger partial charge < -0.3 is 4.74 Å². The van der Waals surface area contributed by atoms with E-state index in [-0.39, 0.29) is 13.2 Å². The molecule has 0 spiro atoms. The number of nitrogens with zero attached hydrogens (tertiary/aromatic N) is 2. The van der Waals surface area contributed by atoms with Crippen LogP contribution in [0, 0.1) is 0 Å². The molecular weight excluding hydrogens is 347 g/mol. The second-order valence-corrected chi connectivity index (χ2v) is 6.06. The number of ether oxygens (including phenoxy) is 1. The maximum absolute atomic E-state index is 11.7. The Balaban J connectivity index is 1.75. The summed E-state index contributed by atoms with van der Waals surface area (Å²) in [7, 11) is 0. The van der Waals surface area contributed by atoms with Crippen LogP contribution < -0.4 is 10.5 Å². The van der Waals surface area contributed by atoms with Crippen molar-refractivity contribution in [3.8, 4) is 16.5 Å². The van der Waals surface area contributed by atoms with E-state index < -0.39 is 5.76 Å². The Labute approximate surface area is 139 Å². The third-order valence-electron chi connectivity index (χ3n) is 2.91. The van der Waals surface area contributed by atoms with Crippen LogP contribution in [0.4, 0.5) is 0 Å². The second-order valence-electron chi connectivity index (χ2n) is 4.30. The highest BCUT2D eigenvalue weighted by atomic mass is 35.5. The van der Waals surface area contributed by atoms with Crippen LogP contribution in [0.15, 0.2) is 45.0 Å². The van der Waals surface area contributed by atoms with Gasteiger partial charge in [0.05, 0.1) is 21.5 Å². The molecule has 22 heavy (non-hydrogen) atoms. The molecule has 3 aromatic rings. The zero-order valence-corrected chi connectivity index (χ0v) is 13.5. The van der Waals surface area contributed by atoms with Gasteiger partial charge in [-0.05, 0) is 23.6 Å². The molecule has 0 amide bonds. The molecule has 2 heterocycles. The highest BCUT2D eigenvalue weighted by molar-refractivity contribution is 7.13. The van der Waals surface area contributed by atoms with Crippen LogP contribution in [0.3, 0.4) is 0 Å². The number of thiophene rings is 1. The molecule has 8 heteroatoms. The highest BCUT2D eigenvalue weighted by Crippen LogP contribution is 2.32. The minimum absolute atomic E-state index is 0.211. The first-order chi connectivity index (χ1) is 10.7. The minimum atomic E-state index is -0.530.